The van der Waals surface area contributed by atoms with E-state index in [1.807, 2.05) is 35.0 Å². The van der Waals surface area contributed by atoms with E-state index >= 15 is 0 Å². The van der Waals surface area contributed by atoms with Crippen LogP contribution in [-0.4, -0.2) is 81.9 Å². The number of benzene rings is 1. The third-order valence-electron chi connectivity index (χ3n) is 6.56. The van der Waals surface area contributed by atoms with Gasteiger partial charge in [0.15, 0.2) is 11.4 Å². The highest BCUT2D eigenvalue weighted by Gasteiger charge is 2.21. The number of carboxylic acids is 1. The first-order valence-electron chi connectivity index (χ1n) is 12.1. The Labute approximate surface area is 212 Å². The molecule has 0 amide bonds. The standard InChI is InChI=1S/C25H29FN8O3/c1-31(25-28-22-16-19(21-3-2-14-37-21)30-34(22)24(27)29-25)8-9-32-10-12-33(13-11-32)20-6-4-17(15-18(20)26)5-7-23(35)36/h2-4,6,14-16H,5,7-13H2,1H3,(H,35,36)(H2,27,28,29). The fraction of sp³-hybridized carbons (Fsp3) is 0.360. The van der Waals surface area contributed by atoms with Crippen LogP contribution in [0.3, 0.4) is 0 Å². The molecule has 5 rings (SSSR count). The molecule has 11 nitrogen and oxygen atoms in total. The van der Waals surface area contributed by atoms with Gasteiger partial charge in [0.1, 0.15) is 11.5 Å². The van der Waals surface area contributed by atoms with E-state index in [2.05, 4.69) is 20.0 Å². The SMILES string of the molecule is CN(CCN1CCN(c2ccc(CCC(=O)O)cc2F)CC1)c1nc(N)n2nc(-c3ccco3)cc2n1. The van der Waals surface area contributed by atoms with Gasteiger partial charge in [-0.3, -0.25) is 9.69 Å². The number of aryl methyl sites for hydroxylation is 1. The molecule has 1 aromatic carbocycles. The molecule has 4 aromatic rings. The predicted molar refractivity (Wildman–Crippen MR) is 137 cm³/mol. The van der Waals surface area contributed by atoms with E-state index in [9.17, 15) is 9.18 Å². The Morgan fingerprint density at radius 3 is 2.70 bits per heavy atom. The first kappa shape index (κ1) is 24.5. The van der Waals surface area contributed by atoms with Gasteiger partial charge in [-0.05, 0) is 36.2 Å². The number of likely N-dealkylation sites (N-methyl/N-ethyl adjacent to an activating group) is 1. The van der Waals surface area contributed by atoms with Crippen LogP contribution in [0.1, 0.15) is 12.0 Å². The number of nitrogens with zero attached hydrogens (tertiary/aromatic N) is 7. The zero-order valence-electron chi connectivity index (χ0n) is 20.5. The number of furan rings is 1. The summed E-state index contributed by atoms with van der Waals surface area (Å²) >= 11 is 0. The van der Waals surface area contributed by atoms with Gasteiger partial charge in [-0.25, -0.2) is 4.39 Å². The quantitative estimate of drug-likeness (QED) is 0.348. The van der Waals surface area contributed by atoms with Crippen molar-refractivity contribution in [3.05, 3.63) is 54.0 Å². The molecule has 37 heavy (non-hydrogen) atoms. The molecule has 1 aliphatic heterocycles. The smallest absolute Gasteiger partial charge is 0.303 e. The van der Waals surface area contributed by atoms with Crippen LogP contribution < -0.4 is 15.5 Å². The molecular weight excluding hydrogens is 479 g/mol. The molecule has 1 saturated heterocycles. The fourth-order valence-corrected chi connectivity index (χ4v) is 4.43. The summed E-state index contributed by atoms with van der Waals surface area (Å²) in [4.78, 5) is 26.1. The summed E-state index contributed by atoms with van der Waals surface area (Å²) in [6.07, 6.45) is 1.90. The molecule has 0 aliphatic carbocycles. The minimum absolute atomic E-state index is 0.00808. The molecule has 0 atom stereocenters. The summed E-state index contributed by atoms with van der Waals surface area (Å²) in [5, 5.41) is 13.3. The number of nitrogens with two attached hydrogens (primary N) is 1. The number of hydrogen-bond donors (Lipinski definition) is 2. The van der Waals surface area contributed by atoms with E-state index in [1.54, 1.807) is 18.4 Å². The van der Waals surface area contributed by atoms with Gasteiger partial charge in [-0.15, -0.1) is 0 Å². The van der Waals surface area contributed by atoms with Crippen LogP contribution in [0.5, 0.6) is 0 Å². The molecule has 12 heteroatoms. The Kier molecular flexibility index (Phi) is 6.91. The van der Waals surface area contributed by atoms with E-state index in [0.717, 1.165) is 19.6 Å². The molecule has 0 radical (unpaired) electrons. The Hall–Kier alpha value is -4.19. The van der Waals surface area contributed by atoms with E-state index in [0.29, 0.717) is 60.4 Å². The van der Waals surface area contributed by atoms with Gasteiger partial charge in [0.25, 0.3) is 0 Å². The van der Waals surface area contributed by atoms with Crippen LogP contribution in [0, 0.1) is 5.82 Å². The lowest BCUT2D eigenvalue weighted by molar-refractivity contribution is -0.136. The average molecular weight is 509 g/mol. The second-order valence-corrected chi connectivity index (χ2v) is 9.09. The summed E-state index contributed by atoms with van der Waals surface area (Å²) in [5.74, 6) is 0.195. The monoisotopic (exact) mass is 508 g/mol. The van der Waals surface area contributed by atoms with Crippen molar-refractivity contribution in [3.8, 4) is 11.5 Å². The lowest BCUT2D eigenvalue weighted by atomic mass is 10.1. The number of carboxylic acid groups (broad SMARTS) is 1. The first-order chi connectivity index (χ1) is 17.9. The summed E-state index contributed by atoms with van der Waals surface area (Å²) in [7, 11) is 1.92. The van der Waals surface area contributed by atoms with Gasteiger partial charge >= 0.3 is 5.97 Å². The van der Waals surface area contributed by atoms with Crippen LogP contribution in [0.2, 0.25) is 0 Å². The van der Waals surface area contributed by atoms with Gasteiger partial charge in [-0.1, -0.05) is 6.07 Å². The molecule has 3 aromatic heterocycles. The lowest BCUT2D eigenvalue weighted by Gasteiger charge is -2.36. The van der Waals surface area contributed by atoms with Crippen LogP contribution in [0.25, 0.3) is 17.1 Å². The minimum Gasteiger partial charge on any atom is -0.481 e. The molecule has 0 spiro atoms. The van der Waals surface area contributed by atoms with Gasteiger partial charge in [0.2, 0.25) is 11.9 Å². The maximum atomic E-state index is 14.7. The molecule has 1 fully saturated rings. The fourth-order valence-electron chi connectivity index (χ4n) is 4.43. The molecule has 194 valence electrons. The third-order valence-corrected chi connectivity index (χ3v) is 6.56. The number of fused-ring (bicyclic) bond motifs is 1. The number of hydrogen-bond acceptors (Lipinski definition) is 9. The number of carbonyl (C=O) groups is 1. The maximum absolute atomic E-state index is 14.7. The zero-order chi connectivity index (χ0) is 25.9. The second kappa shape index (κ2) is 10.4. The van der Waals surface area contributed by atoms with Crippen molar-refractivity contribution in [3.63, 3.8) is 0 Å². The minimum atomic E-state index is -0.886. The summed E-state index contributed by atoms with van der Waals surface area (Å²) < 4.78 is 21.6. The largest absolute Gasteiger partial charge is 0.481 e. The number of anilines is 3. The number of aromatic nitrogens is 4. The van der Waals surface area contributed by atoms with E-state index in [-0.39, 0.29) is 18.2 Å². The maximum Gasteiger partial charge on any atom is 0.303 e. The highest BCUT2D eigenvalue weighted by Crippen LogP contribution is 2.24. The normalized spacial score (nSPS) is 14.4. The van der Waals surface area contributed by atoms with Crippen molar-refractivity contribution in [1.82, 2.24) is 24.5 Å². The number of piperazine rings is 1. The van der Waals surface area contributed by atoms with Gasteiger partial charge in [0.05, 0.1) is 12.0 Å². The van der Waals surface area contributed by atoms with Crippen LogP contribution in [-0.2, 0) is 11.2 Å². The van der Waals surface area contributed by atoms with Crippen LogP contribution >= 0.6 is 0 Å². The second-order valence-electron chi connectivity index (χ2n) is 9.09. The number of aliphatic carboxylic acids is 1. The van der Waals surface area contributed by atoms with Crippen molar-refractivity contribution >= 4 is 29.2 Å². The summed E-state index contributed by atoms with van der Waals surface area (Å²) in [5.41, 5.74) is 8.62. The highest BCUT2D eigenvalue weighted by molar-refractivity contribution is 5.67. The van der Waals surface area contributed by atoms with Crippen LogP contribution in [0.4, 0.5) is 22.0 Å². The number of nitrogen functional groups attached to an aromatic ring is 1. The summed E-state index contributed by atoms with van der Waals surface area (Å²) in [6, 6.07) is 10.4. The van der Waals surface area contributed by atoms with Gasteiger partial charge in [-0.2, -0.15) is 19.6 Å². The number of halogens is 1. The van der Waals surface area contributed by atoms with E-state index < -0.39 is 5.97 Å². The lowest BCUT2D eigenvalue weighted by Crippen LogP contribution is -2.48. The predicted octanol–water partition coefficient (Wildman–Crippen LogP) is 2.38. The van der Waals surface area contributed by atoms with E-state index in [4.69, 9.17) is 15.3 Å². The molecule has 0 saturated carbocycles. The van der Waals surface area contributed by atoms with Crippen molar-refractivity contribution in [2.45, 2.75) is 12.8 Å². The molecule has 0 bridgehead atoms. The Morgan fingerprint density at radius 2 is 2.00 bits per heavy atom. The third kappa shape index (κ3) is 5.48. The summed E-state index contributed by atoms with van der Waals surface area (Å²) in [6.45, 7) is 4.50. The first-order valence-corrected chi connectivity index (χ1v) is 12.1. The Bertz CT molecular complexity index is 1380. The molecule has 4 heterocycles. The van der Waals surface area contributed by atoms with Gasteiger partial charge < -0.3 is 25.1 Å². The topological polar surface area (TPSA) is 129 Å². The molecule has 1 aliphatic rings. The number of rotatable bonds is 9. The van der Waals surface area contributed by atoms with Crippen LogP contribution in [0.15, 0.2) is 47.1 Å². The molecular formula is C25H29FN8O3. The Morgan fingerprint density at radius 1 is 1.19 bits per heavy atom. The zero-order valence-corrected chi connectivity index (χ0v) is 20.5. The van der Waals surface area contributed by atoms with Crippen molar-refractivity contribution in [2.75, 3.05) is 61.8 Å². The van der Waals surface area contributed by atoms with Crippen molar-refractivity contribution < 1.29 is 18.7 Å². The molecule has 3 N–H and O–H groups in total. The van der Waals surface area contributed by atoms with Crippen molar-refractivity contribution in [1.29, 1.82) is 0 Å². The van der Waals surface area contributed by atoms with E-state index in [1.165, 1.54) is 10.6 Å². The Balaban J connectivity index is 1.15. The van der Waals surface area contributed by atoms with Gasteiger partial charge in [0, 0.05) is 58.8 Å². The highest BCUT2D eigenvalue weighted by atomic mass is 19.1. The average Bonchev–Trinajstić information content (AvgIpc) is 3.57. The van der Waals surface area contributed by atoms with Crippen molar-refractivity contribution in [2.24, 2.45) is 0 Å². The molecule has 0 unspecified atom stereocenters.